The predicted molar refractivity (Wildman–Crippen MR) is 213 cm³/mol. The lowest BCUT2D eigenvalue weighted by atomic mass is 9.33. The molecular formula is C45H51BN2O. The highest BCUT2D eigenvalue weighted by Crippen LogP contribution is 2.47. The van der Waals surface area contributed by atoms with Gasteiger partial charge in [0.1, 0.15) is 5.76 Å². The summed E-state index contributed by atoms with van der Waals surface area (Å²) in [6.45, 7) is 27.0. The Bertz CT molecular complexity index is 2090. The molecule has 3 nitrogen and oxygen atoms in total. The van der Waals surface area contributed by atoms with Gasteiger partial charge in [-0.15, -0.1) is 0 Å². The van der Waals surface area contributed by atoms with Crippen LogP contribution in [0.1, 0.15) is 103 Å². The van der Waals surface area contributed by atoms with Crippen molar-refractivity contribution in [3.05, 3.63) is 119 Å². The fourth-order valence-corrected chi connectivity index (χ4v) is 7.70. The number of anilines is 6. The molecule has 0 spiro atoms. The molecule has 0 unspecified atom stereocenters. The van der Waals surface area contributed by atoms with Gasteiger partial charge in [0.2, 0.25) is 0 Å². The van der Waals surface area contributed by atoms with E-state index in [1.807, 2.05) is 0 Å². The second-order valence-corrected chi connectivity index (χ2v) is 17.2. The zero-order valence-corrected chi connectivity index (χ0v) is 31.5. The van der Waals surface area contributed by atoms with Crippen molar-refractivity contribution in [1.29, 1.82) is 0 Å². The van der Waals surface area contributed by atoms with Gasteiger partial charge in [-0.1, -0.05) is 111 Å². The number of hydrogen-bond acceptors (Lipinski definition) is 3. The van der Waals surface area contributed by atoms with Crippen LogP contribution in [0.2, 0.25) is 0 Å². The minimum Gasteiger partial charge on any atom is -0.445 e. The van der Waals surface area contributed by atoms with Gasteiger partial charge in [-0.3, -0.25) is 4.90 Å². The van der Waals surface area contributed by atoms with E-state index < -0.39 is 0 Å². The number of furan rings is 1. The molecule has 4 aromatic carbocycles. The molecule has 7 rings (SSSR count). The molecule has 1 aromatic heterocycles. The lowest BCUT2D eigenvalue weighted by Crippen LogP contribution is -2.61. The average molecular weight is 647 g/mol. The summed E-state index contributed by atoms with van der Waals surface area (Å²) in [7, 11) is 0. The van der Waals surface area contributed by atoms with Crippen molar-refractivity contribution < 1.29 is 4.42 Å². The first-order valence-electron chi connectivity index (χ1n) is 17.9. The summed E-state index contributed by atoms with van der Waals surface area (Å²) in [5.41, 5.74) is 16.3. The van der Waals surface area contributed by atoms with Gasteiger partial charge in [0, 0.05) is 39.5 Å². The molecule has 0 amide bonds. The zero-order valence-electron chi connectivity index (χ0n) is 31.5. The van der Waals surface area contributed by atoms with Crippen LogP contribution in [0.15, 0.2) is 89.4 Å². The van der Waals surface area contributed by atoms with Crippen LogP contribution in [0.3, 0.4) is 0 Å². The molecule has 2 aliphatic heterocycles. The van der Waals surface area contributed by atoms with E-state index in [1.54, 1.807) is 0 Å². The van der Waals surface area contributed by atoms with Crippen LogP contribution in [0.4, 0.5) is 34.3 Å². The first-order valence-corrected chi connectivity index (χ1v) is 17.9. The summed E-state index contributed by atoms with van der Waals surface area (Å²) in [6, 6.07) is 30.3. The SMILES string of the molecule is C/C=C\c1c(C)oc2c1B1c3ccc(C(C)(C)C)cc3N(c3ccc(C(C)(C)C)cc3)c3cc(C)cc(c31)N2c1ccc(C(C)(C)C)cc1. The molecule has 0 saturated heterocycles. The van der Waals surface area contributed by atoms with Crippen LogP contribution in [0, 0.1) is 13.8 Å². The summed E-state index contributed by atoms with van der Waals surface area (Å²) in [6.07, 6.45) is 4.37. The smallest absolute Gasteiger partial charge is 0.257 e. The lowest BCUT2D eigenvalue weighted by molar-refractivity contribution is 0.541. The van der Waals surface area contributed by atoms with E-state index in [4.69, 9.17) is 4.42 Å². The molecule has 0 bridgehead atoms. The minimum absolute atomic E-state index is 0.00487. The third kappa shape index (κ3) is 5.45. The fraction of sp³-hybridized carbons (Fsp3) is 0.333. The minimum atomic E-state index is 0.00487. The summed E-state index contributed by atoms with van der Waals surface area (Å²) in [4.78, 5) is 4.90. The van der Waals surface area contributed by atoms with E-state index in [9.17, 15) is 0 Å². The Labute approximate surface area is 294 Å². The molecule has 0 aliphatic carbocycles. The third-order valence-corrected chi connectivity index (χ3v) is 10.5. The highest BCUT2D eigenvalue weighted by molar-refractivity contribution is 7.00. The molecule has 250 valence electrons. The van der Waals surface area contributed by atoms with Crippen molar-refractivity contribution in [1.82, 2.24) is 0 Å². The van der Waals surface area contributed by atoms with Gasteiger partial charge in [0.15, 0.2) is 5.88 Å². The van der Waals surface area contributed by atoms with Crippen LogP contribution in [-0.4, -0.2) is 6.71 Å². The number of hydrogen-bond donors (Lipinski definition) is 0. The van der Waals surface area contributed by atoms with Crippen LogP contribution in [-0.2, 0) is 16.2 Å². The maximum atomic E-state index is 6.86. The molecule has 0 saturated carbocycles. The molecule has 49 heavy (non-hydrogen) atoms. The van der Waals surface area contributed by atoms with Gasteiger partial charge in [0.25, 0.3) is 6.71 Å². The third-order valence-electron chi connectivity index (χ3n) is 10.5. The Morgan fingerprint density at radius 2 is 1.06 bits per heavy atom. The molecule has 2 aliphatic rings. The molecule has 0 fully saturated rings. The maximum absolute atomic E-state index is 6.86. The van der Waals surface area contributed by atoms with Crippen molar-refractivity contribution in [3.63, 3.8) is 0 Å². The Morgan fingerprint density at radius 3 is 1.57 bits per heavy atom. The Morgan fingerprint density at radius 1 is 0.571 bits per heavy atom. The second-order valence-electron chi connectivity index (χ2n) is 17.2. The highest BCUT2D eigenvalue weighted by atomic mass is 16.4. The summed E-state index contributed by atoms with van der Waals surface area (Å²) < 4.78 is 6.86. The Kier molecular flexibility index (Phi) is 7.63. The van der Waals surface area contributed by atoms with Crippen LogP contribution in [0.25, 0.3) is 6.08 Å². The van der Waals surface area contributed by atoms with E-state index >= 15 is 0 Å². The van der Waals surface area contributed by atoms with Gasteiger partial charge in [-0.2, -0.15) is 0 Å². The van der Waals surface area contributed by atoms with Crippen molar-refractivity contribution in [3.8, 4) is 0 Å². The average Bonchev–Trinajstić information content (AvgIpc) is 3.34. The normalized spacial score (nSPS) is 14.3. The monoisotopic (exact) mass is 646 g/mol. The van der Waals surface area contributed by atoms with Gasteiger partial charge < -0.3 is 9.32 Å². The number of fused-ring (bicyclic) bond motifs is 4. The first kappa shape index (κ1) is 33.1. The molecule has 0 atom stereocenters. The highest BCUT2D eigenvalue weighted by Gasteiger charge is 2.47. The van der Waals surface area contributed by atoms with Crippen LogP contribution >= 0.6 is 0 Å². The number of nitrogens with zero attached hydrogens (tertiary/aromatic N) is 2. The number of benzene rings is 4. The van der Waals surface area contributed by atoms with Crippen molar-refractivity contribution in [2.45, 2.75) is 99.3 Å². The number of aryl methyl sites for hydroxylation is 2. The summed E-state index contributed by atoms with van der Waals surface area (Å²) in [5.74, 6) is 1.86. The summed E-state index contributed by atoms with van der Waals surface area (Å²) >= 11 is 0. The summed E-state index contributed by atoms with van der Waals surface area (Å²) in [5, 5.41) is 0. The predicted octanol–water partition coefficient (Wildman–Crippen LogP) is 10.9. The molecule has 4 heteroatoms. The van der Waals surface area contributed by atoms with Crippen molar-refractivity contribution in [2.24, 2.45) is 0 Å². The molecule has 0 N–H and O–H groups in total. The van der Waals surface area contributed by atoms with Gasteiger partial charge in [0.05, 0.1) is 0 Å². The quantitative estimate of drug-likeness (QED) is 0.178. The Hall–Kier alpha value is -4.44. The largest absolute Gasteiger partial charge is 0.445 e. The number of rotatable bonds is 3. The number of allylic oxidation sites excluding steroid dienone is 1. The van der Waals surface area contributed by atoms with Crippen LogP contribution < -0.4 is 26.2 Å². The maximum Gasteiger partial charge on any atom is 0.257 e. The van der Waals surface area contributed by atoms with E-state index in [0.29, 0.717) is 0 Å². The topological polar surface area (TPSA) is 19.6 Å². The first-order chi connectivity index (χ1) is 23.0. The van der Waals surface area contributed by atoms with Gasteiger partial charge in [-0.25, -0.2) is 0 Å². The lowest BCUT2D eigenvalue weighted by Gasteiger charge is -2.43. The van der Waals surface area contributed by atoms with E-state index in [0.717, 1.165) is 17.3 Å². The molecular weight excluding hydrogens is 595 g/mol. The van der Waals surface area contributed by atoms with Gasteiger partial charge >= 0.3 is 0 Å². The van der Waals surface area contributed by atoms with Gasteiger partial charge in [-0.05, 0) is 113 Å². The zero-order chi connectivity index (χ0) is 35.2. The van der Waals surface area contributed by atoms with Crippen LogP contribution in [0.5, 0.6) is 0 Å². The molecule has 5 aromatic rings. The van der Waals surface area contributed by atoms with E-state index in [2.05, 4.69) is 184 Å². The molecule has 0 radical (unpaired) electrons. The second kappa shape index (κ2) is 11.3. The standard InChI is InChI=1S/C45H51BN2O/c1-13-14-35-29(3)49-42-40(35)46-36-24-19-32(45(10,11)12)27-37(36)47(33-20-15-30(16-21-33)43(4,5)6)38-25-28(2)26-39(41(38)46)48(42)34-22-17-31(18-23-34)44(7,8)9/h13-27H,1-12H3/b14-13-. The van der Waals surface area contributed by atoms with E-state index in [1.165, 1.54) is 67.0 Å². The van der Waals surface area contributed by atoms with Crippen molar-refractivity contribution in [2.75, 3.05) is 9.80 Å². The fourth-order valence-electron chi connectivity index (χ4n) is 7.70. The molecule has 3 heterocycles. The Balaban J connectivity index is 1.57. The van der Waals surface area contributed by atoms with E-state index in [-0.39, 0.29) is 23.0 Å². The van der Waals surface area contributed by atoms with Crippen molar-refractivity contribution >= 4 is 63.5 Å².